The van der Waals surface area contributed by atoms with E-state index in [0.29, 0.717) is 17.2 Å². The fraction of sp³-hybridized carbons (Fsp3) is 0.273. The number of aryl methyl sites for hydroxylation is 3. The molecule has 1 aromatic heterocycles. The summed E-state index contributed by atoms with van der Waals surface area (Å²) in [6, 6.07) is 11.8. The van der Waals surface area contributed by atoms with Crippen LogP contribution in [0.4, 0.5) is 4.39 Å². The third kappa shape index (κ3) is 4.75. The van der Waals surface area contributed by atoms with Gasteiger partial charge in [-0.2, -0.15) is 0 Å². The lowest BCUT2D eigenvalue weighted by atomic mass is 10.1. The van der Waals surface area contributed by atoms with E-state index in [9.17, 15) is 9.18 Å². The summed E-state index contributed by atoms with van der Waals surface area (Å²) in [5.74, 6) is 0.296. The molecule has 0 bridgehead atoms. The first-order valence-electron chi connectivity index (χ1n) is 9.06. The van der Waals surface area contributed by atoms with Gasteiger partial charge in [0, 0.05) is 0 Å². The summed E-state index contributed by atoms with van der Waals surface area (Å²) in [5.41, 5.74) is 3.90. The first-order chi connectivity index (χ1) is 13.3. The number of hydrogen-bond donors (Lipinski definition) is 1. The van der Waals surface area contributed by atoms with Crippen molar-refractivity contribution in [2.24, 2.45) is 0 Å². The van der Waals surface area contributed by atoms with Gasteiger partial charge in [0.25, 0.3) is 5.91 Å². The Balaban J connectivity index is 1.64. The molecule has 1 amide bonds. The summed E-state index contributed by atoms with van der Waals surface area (Å²) in [6.07, 6.45) is 0. The van der Waals surface area contributed by atoms with E-state index in [1.54, 1.807) is 12.1 Å². The molecule has 0 saturated heterocycles. The lowest BCUT2D eigenvalue weighted by molar-refractivity contribution is 0.0943. The molecule has 28 heavy (non-hydrogen) atoms. The highest BCUT2D eigenvalue weighted by Gasteiger charge is 2.18. The van der Waals surface area contributed by atoms with E-state index in [-0.39, 0.29) is 17.8 Å². The zero-order valence-corrected chi connectivity index (χ0v) is 17.2. The second kappa shape index (κ2) is 8.52. The van der Waals surface area contributed by atoms with Crippen LogP contribution >= 0.6 is 11.3 Å². The number of hydrogen-bond acceptors (Lipinski definition) is 4. The van der Waals surface area contributed by atoms with Crippen LogP contribution < -0.4 is 10.1 Å². The van der Waals surface area contributed by atoms with Crippen molar-refractivity contribution in [2.45, 2.75) is 40.3 Å². The van der Waals surface area contributed by atoms with Crippen LogP contribution in [-0.2, 0) is 6.61 Å². The minimum Gasteiger partial charge on any atom is -0.486 e. The third-order valence-electron chi connectivity index (χ3n) is 4.61. The van der Waals surface area contributed by atoms with Crippen molar-refractivity contribution in [1.29, 1.82) is 0 Å². The number of benzene rings is 2. The lowest BCUT2D eigenvalue weighted by Gasteiger charge is -2.13. The highest BCUT2D eigenvalue weighted by molar-refractivity contribution is 7.13. The molecule has 0 aliphatic carbocycles. The van der Waals surface area contributed by atoms with Gasteiger partial charge in [-0.05, 0) is 68.7 Å². The standard InChI is InChI=1S/C22H23FN2O2S/c1-13-5-10-19(11-14(13)2)27-12-20-24-16(4)21(28-20)22(26)25-15(3)17-6-8-18(23)9-7-17/h5-11,15H,12H2,1-4H3,(H,25,26)/t15-/m1/s1. The van der Waals surface area contributed by atoms with Crippen molar-refractivity contribution in [3.8, 4) is 5.75 Å². The predicted octanol–water partition coefficient (Wildman–Crippen LogP) is 5.28. The largest absolute Gasteiger partial charge is 0.486 e. The van der Waals surface area contributed by atoms with E-state index in [0.717, 1.165) is 16.3 Å². The third-order valence-corrected chi connectivity index (χ3v) is 5.74. The molecule has 1 atom stereocenters. The van der Waals surface area contributed by atoms with E-state index in [2.05, 4.69) is 17.2 Å². The van der Waals surface area contributed by atoms with Crippen LogP contribution in [0.25, 0.3) is 0 Å². The van der Waals surface area contributed by atoms with Crippen LogP contribution in [0, 0.1) is 26.6 Å². The molecule has 3 rings (SSSR count). The molecule has 4 nitrogen and oxygen atoms in total. The second-order valence-electron chi connectivity index (χ2n) is 6.80. The van der Waals surface area contributed by atoms with Crippen molar-refractivity contribution in [2.75, 3.05) is 0 Å². The van der Waals surface area contributed by atoms with E-state index in [1.165, 1.54) is 34.6 Å². The number of carbonyl (C=O) groups excluding carboxylic acids is 1. The fourth-order valence-corrected chi connectivity index (χ4v) is 3.65. The molecule has 1 N–H and O–H groups in total. The van der Waals surface area contributed by atoms with Gasteiger partial charge in [-0.1, -0.05) is 18.2 Å². The summed E-state index contributed by atoms with van der Waals surface area (Å²) in [4.78, 5) is 17.7. The van der Waals surface area contributed by atoms with Gasteiger partial charge in [0.2, 0.25) is 0 Å². The molecule has 2 aromatic carbocycles. The number of thiazole rings is 1. The summed E-state index contributed by atoms with van der Waals surface area (Å²) >= 11 is 1.33. The maximum absolute atomic E-state index is 13.1. The number of aromatic nitrogens is 1. The van der Waals surface area contributed by atoms with Gasteiger partial charge < -0.3 is 10.1 Å². The van der Waals surface area contributed by atoms with Crippen LogP contribution in [0.15, 0.2) is 42.5 Å². The van der Waals surface area contributed by atoms with Crippen LogP contribution in [0.3, 0.4) is 0 Å². The monoisotopic (exact) mass is 398 g/mol. The van der Waals surface area contributed by atoms with Gasteiger partial charge in [0.15, 0.2) is 0 Å². The highest BCUT2D eigenvalue weighted by atomic mass is 32.1. The zero-order valence-electron chi connectivity index (χ0n) is 16.4. The zero-order chi connectivity index (χ0) is 20.3. The number of halogens is 1. The quantitative estimate of drug-likeness (QED) is 0.615. The highest BCUT2D eigenvalue weighted by Crippen LogP contribution is 2.23. The van der Waals surface area contributed by atoms with Gasteiger partial charge in [-0.25, -0.2) is 9.37 Å². The Morgan fingerprint density at radius 1 is 1.14 bits per heavy atom. The Kier molecular flexibility index (Phi) is 6.09. The normalized spacial score (nSPS) is 11.9. The predicted molar refractivity (Wildman–Crippen MR) is 109 cm³/mol. The van der Waals surface area contributed by atoms with Crippen LogP contribution in [0.5, 0.6) is 5.75 Å². The topological polar surface area (TPSA) is 51.2 Å². The van der Waals surface area contributed by atoms with Gasteiger partial charge in [0.05, 0.1) is 11.7 Å². The first-order valence-corrected chi connectivity index (χ1v) is 9.88. The second-order valence-corrected chi connectivity index (χ2v) is 7.89. The molecule has 6 heteroatoms. The lowest BCUT2D eigenvalue weighted by Crippen LogP contribution is -2.26. The van der Waals surface area contributed by atoms with E-state index in [4.69, 9.17) is 4.74 Å². The molecular formula is C22H23FN2O2S. The number of rotatable bonds is 6. The summed E-state index contributed by atoms with van der Waals surface area (Å²) in [7, 11) is 0. The summed E-state index contributed by atoms with van der Waals surface area (Å²) in [5, 5.41) is 3.69. The van der Waals surface area contributed by atoms with Crippen molar-refractivity contribution < 1.29 is 13.9 Å². The van der Waals surface area contributed by atoms with Gasteiger partial charge >= 0.3 is 0 Å². The minimum atomic E-state index is -0.297. The molecule has 3 aromatic rings. The first kappa shape index (κ1) is 20.0. The molecule has 0 saturated carbocycles. The maximum atomic E-state index is 13.1. The SMILES string of the molecule is Cc1ccc(OCc2nc(C)c(C(=O)N[C@H](C)c3ccc(F)cc3)s2)cc1C. The molecule has 0 aliphatic heterocycles. The fourth-order valence-electron chi connectivity index (χ4n) is 2.77. The minimum absolute atomic E-state index is 0.191. The van der Waals surface area contributed by atoms with Crippen LogP contribution in [0.1, 0.15) is 50.0 Å². The number of amides is 1. The Morgan fingerprint density at radius 2 is 1.86 bits per heavy atom. The van der Waals surface area contributed by atoms with Crippen molar-refractivity contribution >= 4 is 17.2 Å². The molecule has 0 fully saturated rings. The molecule has 0 aliphatic rings. The Bertz CT molecular complexity index is 983. The molecule has 0 spiro atoms. The average molecular weight is 399 g/mol. The van der Waals surface area contributed by atoms with Crippen LogP contribution in [-0.4, -0.2) is 10.9 Å². The molecule has 0 radical (unpaired) electrons. The Morgan fingerprint density at radius 3 is 2.54 bits per heavy atom. The number of ether oxygens (including phenoxy) is 1. The van der Waals surface area contributed by atoms with Gasteiger partial charge in [-0.3, -0.25) is 4.79 Å². The average Bonchev–Trinajstić information content (AvgIpc) is 3.04. The summed E-state index contributed by atoms with van der Waals surface area (Å²) in [6.45, 7) is 8.09. The maximum Gasteiger partial charge on any atom is 0.263 e. The Hall–Kier alpha value is -2.73. The molecular weight excluding hydrogens is 375 g/mol. The smallest absolute Gasteiger partial charge is 0.263 e. The summed E-state index contributed by atoms with van der Waals surface area (Å²) < 4.78 is 18.9. The number of carbonyl (C=O) groups is 1. The van der Waals surface area contributed by atoms with Crippen molar-refractivity contribution in [3.05, 3.63) is 80.6 Å². The molecule has 146 valence electrons. The number of nitrogens with one attached hydrogen (secondary N) is 1. The van der Waals surface area contributed by atoms with Crippen molar-refractivity contribution in [1.82, 2.24) is 10.3 Å². The molecule has 0 unspecified atom stereocenters. The van der Waals surface area contributed by atoms with Gasteiger partial charge in [0.1, 0.15) is 28.1 Å². The van der Waals surface area contributed by atoms with Gasteiger partial charge in [-0.15, -0.1) is 11.3 Å². The van der Waals surface area contributed by atoms with E-state index in [1.807, 2.05) is 39.0 Å². The van der Waals surface area contributed by atoms with Crippen LogP contribution in [0.2, 0.25) is 0 Å². The van der Waals surface area contributed by atoms with Crippen molar-refractivity contribution in [3.63, 3.8) is 0 Å². The number of nitrogens with zero attached hydrogens (tertiary/aromatic N) is 1. The Labute approximate surface area is 168 Å². The molecule has 1 heterocycles. The van der Waals surface area contributed by atoms with E-state index >= 15 is 0 Å². The van der Waals surface area contributed by atoms with E-state index < -0.39 is 0 Å².